The molecule has 2 aliphatic heterocycles. The maximum Gasteiger partial charge on any atom is 0.0431 e. The Balaban J connectivity index is 1.78. The highest BCUT2D eigenvalue weighted by Gasteiger charge is 2.38. The molecule has 88 valence electrons. The fourth-order valence-corrected chi connectivity index (χ4v) is 2.99. The molecule has 4 nitrogen and oxygen atoms in total. The van der Waals surface area contributed by atoms with Gasteiger partial charge in [0.1, 0.15) is 0 Å². The third-order valence-electron chi connectivity index (χ3n) is 3.70. The topological polar surface area (TPSA) is 38.7 Å². The fourth-order valence-electron chi connectivity index (χ4n) is 2.99. The van der Waals surface area contributed by atoms with Crippen LogP contribution in [0.15, 0.2) is 0 Å². The lowest BCUT2D eigenvalue weighted by molar-refractivity contribution is 0.0325. The molecule has 0 amide bonds. The normalized spacial score (nSPS) is 32.4. The van der Waals surface area contributed by atoms with Crippen molar-refractivity contribution in [2.45, 2.75) is 37.8 Å². The number of rotatable bonds is 5. The molecular weight excluding hydrogens is 190 g/mol. The van der Waals surface area contributed by atoms with Crippen LogP contribution >= 0.6 is 0 Å². The van der Waals surface area contributed by atoms with Crippen molar-refractivity contribution in [1.82, 2.24) is 15.3 Å². The van der Waals surface area contributed by atoms with E-state index in [2.05, 4.69) is 15.3 Å². The van der Waals surface area contributed by atoms with Crippen LogP contribution in [0.1, 0.15) is 25.7 Å². The number of piperazine rings is 1. The molecule has 0 aliphatic carbocycles. The van der Waals surface area contributed by atoms with Gasteiger partial charge < -0.3 is 10.0 Å². The number of aliphatic hydroxyl groups excluding tert-OH is 1. The van der Waals surface area contributed by atoms with Crippen LogP contribution in [-0.4, -0.2) is 60.4 Å². The van der Waals surface area contributed by atoms with Crippen molar-refractivity contribution < 1.29 is 5.11 Å². The lowest BCUT2D eigenvalue weighted by Gasteiger charge is -2.40. The molecule has 2 N–H and O–H groups in total. The molecule has 0 saturated carbocycles. The Labute approximate surface area is 92.2 Å². The molecule has 2 saturated heterocycles. The summed E-state index contributed by atoms with van der Waals surface area (Å²) in [6.07, 6.45) is 4.75. The predicted molar refractivity (Wildman–Crippen MR) is 60.5 cm³/mol. The minimum absolute atomic E-state index is 0.337. The minimum atomic E-state index is 0.337. The van der Waals surface area contributed by atoms with Gasteiger partial charge in [-0.05, 0) is 39.3 Å². The SMILES string of the molecule is CNN1C2CCC1CN(CCCCO)C2. The molecule has 2 heterocycles. The van der Waals surface area contributed by atoms with E-state index in [1.54, 1.807) is 0 Å². The Morgan fingerprint density at radius 3 is 2.40 bits per heavy atom. The van der Waals surface area contributed by atoms with Gasteiger partial charge in [-0.1, -0.05) is 0 Å². The van der Waals surface area contributed by atoms with Gasteiger partial charge >= 0.3 is 0 Å². The van der Waals surface area contributed by atoms with Crippen molar-refractivity contribution in [1.29, 1.82) is 0 Å². The molecule has 2 aliphatic rings. The van der Waals surface area contributed by atoms with E-state index in [9.17, 15) is 0 Å². The summed E-state index contributed by atoms with van der Waals surface area (Å²) >= 11 is 0. The number of likely N-dealkylation sites (tertiary alicyclic amines) is 1. The Hall–Kier alpha value is -0.160. The molecule has 0 spiro atoms. The van der Waals surface area contributed by atoms with E-state index >= 15 is 0 Å². The number of hydrazine groups is 1. The second kappa shape index (κ2) is 5.25. The van der Waals surface area contributed by atoms with E-state index in [4.69, 9.17) is 5.11 Å². The van der Waals surface area contributed by atoms with Gasteiger partial charge in [-0.15, -0.1) is 0 Å². The first-order valence-electron chi connectivity index (χ1n) is 6.14. The van der Waals surface area contributed by atoms with Gasteiger partial charge in [-0.3, -0.25) is 5.43 Å². The van der Waals surface area contributed by atoms with E-state index in [0.717, 1.165) is 19.4 Å². The molecule has 2 unspecified atom stereocenters. The second-order valence-electron chi connectivity index (χ2n) is 4.71. The van der Waals surface area contributed by atoms with Gasteiger partial charge in [0, 0.05) is 31.8 Å². The number of unbranched alkanes of at least 4 members (excludes halogenated alkanes) is 1. The Kier molecular flexibility index (Phi) is 3.97. The second-order valence-corrected chi connectivity index (χ2v) is 4.71. The average Bonchev–Trinajstić information content (AvgIpc) is 2.49. The van der Waals surface area contributed by atoms with Crippen molar-refractivity contribution in [2.75, 3.05) is 33.3 Å². The first kappa shape index (κ1) is 11.3. The quantitative estimate of drug-likeness (QED) is 0.633. The van der Waals surface area contributed by atoms with Crippen molar-refractivity contribution in [3.63, 3.8) is 0 Å². The summed E-state index contributed by atoms with van der Waals surface area (Å²) in [6, 6.07) is 1.42. The van der Waals surface area contributed by atoms with Crippen LogP contribution in [0.2, 0.25) is 0 Å². The van der Waals surface area contributed by atoms with Crippen molar-refractivity contribution in [3.8, 4) is 0 Å². The number of nitrogens with one attached hydrogen (secondary N) is 1. The summed E-state index contributed by atoms with van der Waals surface area (Å²) < 4.78 is 0. The molecular formula is C11H23N3O. The average molecular weight is 213 g/mol. The first-order chi connectivity index (χ1) is 7.35. The summed E-state index contributed by atoms with van der Waals surface area (Å²) in [6.45, 7) is 3.89. The summed E-state index contributed by atoms with van der Waals surface area (Å²) in [5, 5.41) is 11.2. The Morgan fingerprint density at radius 2 is 1.87 bits per heavy atom. The Morgan fingerprint density at radius 1 is 1.20 bits per heavy atom. The molecule has 2 fully saturated rings. The number of fused-ring (bicyclic) bond motifs is 2. The zero-order chi connectivity index (χ0) is 10.7. The highest BCUT2D eigenvalue weighted by atomic mass is 16.2. The van der Waals surface area contributed by atoms with Crippen LogP contribution in [0.5, 0.6) is 0 Å². The van der Waals surface area contributed by atoms with Crippen molar-refractivity contribution in [3.05, 3.63) is 0 Å². The standard InChI is InChI=1S/C11H23N3O/c1-12-14-10-4-5-11(14)9-13(8-10)6-2-3-7-15/h10-12,15H,2-9H2,1H3. The predicted octanol–water partition coefficient (Wildman–Crippen LogP) is 0.0419. The minimum Gasteiger partial charge on any atom is -0.396 e. The molecule has 0 radical (unpaired) electrons. The summed E-state index contributed by atoms with van der Waals surface area (Å²) in [4.78, 5) is 2.56. The smallest absolute Gasteiger partial charge is 0.0431 e. The number of nitrogens with zero attached hydrogens (tertiary/aromatic N) is 2. The summed E-state index contributed by atoms with van der Waals surface area (Å²) in [5.41, 5.74) is 3.32. The number of hydrogen-bond donors (Lipinski definition) is 2. The third-order valence-corrected chi connectivity index (χ3v) is 3.70. The van der Waals surface area contributed by atoms with Crippen LogP contribution in [0.25, 0.3) is 0 Å². The van der Waals surface area contributed by atoms with Gasteiger partial charge in [0.05, 0.1) is 0 Å². The van der Waals surface area contributed by atoms with Crippen LogP contribution in [0.3, 0.4) is 0 Å². The highest BCUT2D eigenvalue weighted by Crippen LogP contribution is 2.27. The molecule has 2 bridgehead atoms. The lowest BCUT2D eigenvalue weighted by Crippen LogP contribution is -2.57. The lowest BCUT2D eigenvalue weighted by atomic mass is 10.2. The molecule has 0 aromatic carbocycles. The largest absolute Gasteiger partial charge is 0.396 e. The van der Waals surface area contributed by atoms with Crippen LogP contribution in [-0.2, 0) is 0 Å². The molecule has 15 heavy (non-hydrogen) atoms. The zero-order valence-corrected chi connectivity index (χ0v) is 9.65. The van der Waals surface area contributed by atoms with E-state index in [-0.39, 0.29) is 0 Å². The number of hydrogen-bond acceptors (Lipinski definition) is 4. The van der Waals surface area contributed by atoms with E-state index in [1.807, 2.05) is 7.05 Å². The maximum absolute atomic E-state index is 8.76. The monoisotopic (exact) mass is 213 g/mol. The van der Waals surface area contributed by atoms with Gasteiger partial charge in [-0.25, -0.2) is 5.01 Å². The van der Waals surface area contributed by atoms with Crippen LogP contribution in [0.4, 0.5) is 0 Å². The molecule has 2 rings (SSSR count). The van der Waals surface area contributed by atoms with Gasteiger partial charge in [0.15, 0.2) is 0 Å². The zero-order valence-electron chi connectivity index (χ0n) is 9.65. The van der Waals surface area contributed by atoms with Crippen LogP contribution < -0.4 is 5.43 Å². The van der Waals surface area contributed by atoms with E-state index in [0.29, 0.717) is 18.7 Å². The van der Waals surface area contributed by atoms with Crippen LogP contribution in [0, 0.1) is 0 Å². The Bertz CT molecular complexity index is 186. The van der Waals surface area contributed by atoms with Crippen molar-refractivity contribution >= 4 is 0 Å². The third kappa shape index (κ3) is 2.50. The van der Waals surface area contributed by atoms with Gasteiger partial charge in [-0.2, -0.15) is 0 Å². The van der Waals surface area contributed by atoms with Gasteiger partial charge in [0.25, 0.3) is 0 Å². The highest BCUT2D eigenvalue weighted by molar-refractivity contribution is 4.93. The maximum atomic E-state index is 8.76. The molecule has 0 aromatic heterocycles. The molecule has 4 heteroatoms. The van der Waals surface area contributed by atoms with E-state index < -0.39 is 0 Å². The summed E-state index contributed by atoms with van der Waals surface area (Å²) in [5.74, 6) is 0. The molecule has 0 aromatic rings. The number of aliphatic hydroxyl groups is 1. The van der Waals surface area contributed by atoms with Gasteiger partial charge in [0.2, 0.25) is 0 Å². The summed E-state index contributed by atoms with van der Waals surface area (Å²) in [7, 11) is 2.03. The van der Waals surface area contributed by atoms with E-state index in [1.165, 1.54) is 25.9 Å². The van der Waals surface area contributed by atoms with Crippen molar-refractivity contribution in [2.24, 2.45) is 0 Å². The molecule has 2 atom stereocenters. The fraction of sp³-hybridized carbons (Fsp3) is 1.00. The first-order valence-corrected chi connectivity index (χ1v) is 6.14.